The van der Waals surface area contributed by atoms with Gasteiger partial charge in [0, 0.05) is 24.5 Å². The van der Waals surface area contributed by atoms with E-state index in [2.05, 4.69) is 68.3 Å². The molecular weight excluding hydrogens is 258 g/mol. The van der Waals surface area contributed by atoms with E-state index in [1.165, 1.54) is 24.1 Å². The summed E-state index contributed by atoms with van der Waals surface area (Å²) in [6.45, 7) is 5.11. The first-order valence-electron chi connectivity index (χ1n) is 7.74. The molecule has 0 spiro atoms. The van der Waals surface area contributed by atoms with E-state index in [4.69, 9.17) is 4.74 Å². The van der Waals surface area contributed by atoms with Crippen molar-refractivity contribution in [3.05, 3.63) is 54.1 Å². The maximum Gasteiger partial charge on any atom is 0.121 e. The Hall–Kier alpha value is -1.96. The third-order valence-electron chi connectivity index (χ3n) is 3.64. The highest BCUT2D eigenvalue weighted by Gasteiger charge is 2.05. The summed E-state index contributed by atoms with van der Waals surface area (Å²) >= 11 is 0. The predicted molar refractivity (Wildman–Crippen MR) is 90.7 cm³/mol. The van der Waals surface area contributed by atoms with Gasteiger partial charge in [0.15, 0.2) is 0 Å². The standard InChI is InChI=1S/C19H25NO/c1-4-5-6-14-21-19-9-7-8-18(15-19)20(3)17-12-10-16(2)11-13-17/h7-13,15H,4-6,14H2,1-3H3. The minimum Gasteiger partial charge on any atom is -0.494 e. The maximum atomic E-state index is 5.83. The smallest absolute Gasteiger partial charge is 0.121 e. The fourth-order valence-electron chi connectivity index (χ4n) is 2.24. The summed E-state index contributed by atoms with van der Waals surface area (Å²) < 4.78 is 5.83. The number of rotatable bonds is 7. The van der Waals surface area contributed by atoms with Gasteiger partial charge >= 0.3 is 0 Å². The van der Waals surface area contributed by atoms with Crippen LogP contribution in [0.25, 0.3) is 0 Å². The normalized spacial score (nSPS) is 10.4. The zero-order valence-corrected chi connectivity index (χ0v) is 13.3. The van der Waals surface area contributed by atoms with Crippen molar-refractivity contribution in [1.29, 1.82) is 0 Å². The van der Waals surface area contributed by atoms with Gasteiger partial charge in [-0.25, -0.2) is 0 Å². The molecule has 2 aromatic carbocycles. The molecule has 0 aliphatic rings. The molecule has 0 aliphatic heterocycles. The molecule has 0 aromatic heterocycles. The first kappa shape index (κ1) is 15.4. The molecule has 0 fully saturated rings. The topological polar surface area (TPSA) is 12.5 Å². The molecule has 2 rings (SSSR count). The number of unbranched alkanes of at least 4 members (excludes halogenated alkanes) is 2. The van der Waals surface area contributed by atoms with Crippen LogP contribution < -0.4 is 9.64 Å². The molecule has 21 heavy (non-hydrogen) atoms. The average Bonchev–Trinajstić information content (AvgIpc) is 2.52. The Morgan fingerprint density at radius 2 is 1.71 bits per heavy atom. The Bertz CT molecular complexity index is 548. The molecule has 2 nitrogen and oxygen atoms in total. The second-order valence-electron chi connectivity index (χ2n) is 5.45. The van der Waals surface area contributed by atoms with Crippen LogP contribution in [-0.4, -0.2) is 13.7 Å². The molecule has 0 saturated heterocycles. The van der Waals surface area contributed by atoms with Gasteiger partial charge in [0.2, 0.25) is 0 Å². The van der Waals surface area contributed by atoms with Crippen LogP contribution in [0.5, 0.6) is 5.75 Å². The average molecular weight is 283 g/mol. The fraction of sp³-hybridized carbons (Fsp3) is 0.368. The molecule has 0 bridgehead atoms. The predicted octanol–water partition coefficient (Wildman–Crippen LogP) is 5.33. The van der Waals surface area contributed by atoms with E-state index in [9.17, 15) is 0 Å². The van der Waals surface area contributed by atoms with Crippen molar-refractivity contribution in [3.63, 3.8) is 0 Å². The Kier molecular flexibility index (Phi) is 5.68. The molecule has 0 N–H and O–H groups in total. The Morgan fingerprint density at radius 3 is 2.43 bits per heavy atom. The van der Waals surface area contributed by atoms with Gasteiger partial charge in [-0.3, -0.25) is 0 Å². The highest BCUT2D eigenvalue weighted by molar-refractivity contribution is 5.63. The minimum absolute atomic E-state index is 0.797. The van der Waals surface area contributed by atoms with Gasteiger partial charge in [-0.15, -0.1) is 0 Å². The summed E-state index contributed by atoms with van der Waals surface area (Å²) in [6, 6.07) is 16.8. The van der Waals surface area contributed by atoms with Crippen LogP contribution >= 0.6 is 0 Å². The minimum atomic E-state index is 0.797. The second-order valence-corrected chi connectivity index (χ2v) is 5.45. The van der Waals surface area contributed by atoms with E-state index in [1.54, 1.807) is 0 Å². The largest absolute Gasteiger partial charge is 0.494 e. The summed E-state index contributed by atoms with van der Waals surface area (Å²) in [5.41, 5.74) is 3.61. The molecule has 0 heterocycles. The van der Waals surface area contributed by atoms with Crippen LogP contribution in [0, 0.1) is 6.92 Å². The molecule has 112 valence electrons. The lowest BCUT2D eigenvalue weighted by molar-refractivity contribution is 0.306. The van der Waals surface area contributed by atoms with E-state index in [-0.39, 0.29) is 0 Å². The summed E-state index contributed by atoms with van der Waals surface area (Å²) in [6.07, 6.45) is 3.57. The number of benzene rings is 2. The van der Waals surface area contributed by atoms with Gasteiger partial charge in [0.25, 0.3) is 0 Å². The lowest BCUT2D eigenvalue weighted by Crippen LogP contribution is -2.09. The van der Waals surface area contributed by atoms with E-state index in [0.717, 1.165) is 24.5 Å². The number of ether oxygens (including phenoxy) is 1. The lowest BCUT2D eigenvalue weighted by Gasteiger charge is -2.20. The van der Waals surface area contributed by atoms with Gasteiger partial charge < -0.3 is 9.64 Å². The Labute approximate surface area is 128 Å². The molecule has 0 aliphatic carbocycles. The van der Waals surface area contributed by atoms with Crippen LogP contribution in [0.1, 0.15) is 31.7 Å². The first-order valence-corrected chi connectivity index (χ1v) is 7.74. The second kappa shape index (κ2) is 7.72. The van der Waals surface area contributed by atoms with Gasteiger partial charge in [-0.2, -0.15) is 0 Å². The molecular formula is C19H25NO. The van der Waals surface area contributed by atoms with E-state index >= 15 is 0 Å². The van der Waals surface area contributed by atoms with Crippen molar-refractivity contribution in [2.75, 3.05) is 18.6 Å². The number of aryl methyl sites for hydroxylation is 1. The summed E-state index contributed by atoms with van der Waals surface area (Å²) in [7, 11) is 2.08. The van der Waals surface area contributed by atoms with Gasteiger partial charge in [-0.05, 0) is 37.6 Å². The SMILES string of the molecule is CCCCCOc1cccc(N(C)c2ccc(C)cc2)c1. The first-order chi connectivity index (χ1) is 10.2. The molecule has 0 amide bonds. The third-order valence-corrected chi connectivity index (χ3v) is 3.64. The molecule has 0 atom stereocenters. The van der Waals surface area contributed by atoms with Crippen LogP contribution in [0.3, 0.4) is 0 Å². The highest BCUT2D eigenvalue weighted by Crippen LogP contribution is 2.27. The van der Waals surface area contributed by atoms with Gasteiger partial charge in [0.1, 0.15) is 5.75 Å². The van der Waals surface area contributed by atoms with Gasteiger partial charge in [0.05, 0.1) is 6.61 Å². The maximum absolute atomic E-state index is 5.83. The third kappa shape index (κ3) is 4.52. The monoisotopic (exact) mass is 283 g/mol. The quantitative estimate of drug-likeness (QED) is 0.637. The Morgan fingerprint density at radius 1 is 0.952 bits per heavy atom. The zero-order chi connectivity index (χ0) is 15.1. The van der Waals surface area contributed by atoms with Crippen molar-refractivity contribution in [1.82, 2.24) is 0 Å². The molecule has 0 saturated carbocycles. The molecule has 0 unspecified atom stereocenters. The lowest BCUT2D eigenvalue weighted by atomic mass is 10.2. The summed E-state index contributed by atoms with van der Waals surface area (Å²) in [4.78, 5) is 2.18. The Balaban J connectivity index is 2.04. The van der Waals surface area contributed by atoms with Crippen LogP contribution in [0.4, 0.5) is 11.4 Å². The van der Waals surface area contributed by atoms with Crippen LogP contribution in [0.2, 0.25) is 0 Å². The highest BCUT2D eigenvalue weighted by atomic mass is 16.5. The van der Waals surface area contributed by atoms with Crippen LogP contribution in [0.15, 0.2) is 48.5 Å². The number of anilines is 2. The molecule has 2 heteroatoms. The number of hydrogen-bond donors (Lipinski definition) is 0. The van der Waals surface area contributed by atoms with Crippen molar-refractivity contribution in [2.24, 2.45) is 0 Å². The number of hydrogen-bond acceptors (Lipinski definition) is 2. The zero-order valence-electron chi connectivity index (χ0n) is 13.3. The number of nitrogens with zero attached hydrogens (tertiary/aromatic N) is 1. The fourth-order valence-corrected chi connectivity index (χ4v) is 2.24. The van der Waals surface area contributed by atoms with Crippen molar-refractivity contribution >= 4 is 11.4 Å². The summed E-state index contributed by atoms with van der Waals surface area (Å²) in [5.74, 6) is 0.947. The van der Waals surface area contributed by atoms with E-state index < -0.39 is 0 Å². The molecule has 0 radical (unpaired) electrons. The van der Waals surface area contributed by atoms with Gasteiger partial charge in [-0.1, -0.05) is 43.5 Å². The van der Waals surface area contributed by atoms with Crippen molar-refractivity contribution < 1.29 is 4.74 Å². The molecule has 2 aromatic rings. The van der Waals surface area contributed by atoms with Crippen molar-refractivity contribution in [2.45, 2.75) is 33.1 Å². The van der Waals surface area contributed by atoms with Crippen LogP contribution in [-0.2, 0) is 0 Å². The van der Waals surface area contributed by atoms with E-state index in [1.807, 2.05) is 6.07 Å². The van der Waals surface area contributed by atoms with E-state index in [0.29, 0.717) is 0 Å². The summed E-state index contributed by atoms with van der Waals surface area (Å²) in [5, 5.41) is 0. The van der Waals surface area contributed by atoms with Crippen molar-refractivity contribution in [3.8, 4) is 5.75 Å².